The number of hydrogen-bond donors (Lipinski definition) is 2. The third-order valence-corrected chi connectivity index (χ3v) is 3.33. The lowest BCUT2D eigenvalue weighted by Gasteiger charge is -2.18. The predicted octanol–water partition coefficient (Wildman–Crippen LogP) is 1.19. The van der Waals surface area contributed by atoms with Gasteiger partial charge < -0.3 is 16.0 Å². The number of nitrogens with zero attached hydrogens (tertiary/aromatic N) is 1. The number of unbranched alkanes of at least 4 members (excludes halogenated alkanes) is 1. The van der Waals surface area contributed by atoms with Crippen molar-refractivity contribution in [1.29, 1.82) is 0 Å². The van der Waals surface area contributed by atoms with E-state index in [1.54, 1.807) is 0 Å². The fourth-order valence-corrected chi connectivity index (χ4v) is 2.25. The molecule has 3 nitrogen and oxygen atoms in total. The molecular weight excluding hydrogens is 186 g/mol. The predicted molar refractivity (Wildman–Crippen MR) is 66.0 cm³/mol. The summed E-state index contributed by atoms with van der Waals surface area (Å²) in [5.41, 5.74) is 5.47. The fourth-order valence-electron chi connectivity index (χ4n) is 2.25. The van der Waals surface area contributed by atoms with E-state index >= 15 is 0 Å². The Morgan fingerprint density at radius 3 is 2.87 bits per heavy atom. The molecule has 0 radical (unpaired) electrons. The van der Waals surface area contributed by atoms with Gasteiger partial charge in [-0.2, -0.15) is 0 Å². The zero-order valence-corrected chi connectivity index (χ0v) is 10.2. The maximum atomic E-state index is 5.47. The zero-order valence-electron chi connectivity index (χ0n) is 10.2. The average Bonchev–Trinajstić information content (AvgIpc) is 2.49. The summed E-state index contributed by atoms with van der Waals surface area (Å²) in [6.07, 6.45) is 6.39. The Morgan fingerprint density at radius 1 is 1.27 bits per heavy atom. The van der Waals surface area contributed by atoms with Gasteiger partial charge in [-0.1, -0.05) is 6.92 Å². The molecule has 3 N–H and O–H groups in total. The smallest absolute Gasteiger partial charge is 0.00797 e. The fraction of sp³-hybridized carbons (Fsp3) is 1.00. The molecule has 1 aliphatic heterocycles. The van der Waals surface area contributed by atoms with Crippen LogP contribution in [0.25, 0.3) is 0 Å². The molecule has 1 unspecified atom stereocenters. The first-order valence-electron chi connectivity index (χ1n) is 6.52. The highest BCUT2D eigenvalue weighted by molar-refractivity contribution is 4.74. The average molecular weight is 213 g/mol. The molecule has 1 fully saturated rings. The van der Waals surface area contributed by atoms with Gasteiger partial charge in [0.05, 0.1) is 0 Å². The van der Waals surface area contributed by atoms with Crippen molar-refractivity contribution in [3.05, 3.63) is 0 Å². The van der Waals surface area contributed by atoms with E-state index in [1.165, 1.54) is 45.3 Å². The molecule has 15 heavy (non-hydrogen) atoms. The molecule has 1 rings (SSSR count). The van der Waals surface area contributed by atoms with Crippen molar-refractivity contribution in [2.45, 2.75) is 45.1 Å². The second-order valence-corrected chi connectivity index (χ2v) is 4.51. The van der Waals surface area contributed by atoms with Crippen LogP contribution < -0.4 is 11.1 Å². The van der Waals surface area contributed by atoms with Crippen LogP contribution in [-0.2, 0) is 0 Å². The van der Waals surface area contributed by atoms with Crippen molar-refractivity contribution in [2.75, 3.05) is 32.7 Å². The summed E-state index contributed by atoms with van der Waals surface area (Å²) in [4.78, 5) is 2.56. The Kier molecular flexibility index (Phi) is 6.98. The quantitative estimate of drug-likeness (QED) is 0.651. The molecule has 3 heteroatoms. The second-order valence-electron chi connectivity index (χ2n) is 4.51. The standard InChI is InChI=1S/C12H27N3/c1-2-15-10-5-6-12(7-11-15)14-9-4-3-8-13/h12,14H,2-11,13H2,1H3. The first-order chi connectivity index (χ1) is 7.36. The Bertz CT molecular complexity index is 150. The molecule has 0 aromatic heterocycles. The van der Waals surface area contributed by atoms with Crippen molar-refractivity contribution < 1.29 is 0 Å². The summed E-state index contributed by atoms with van der Waals surface area (Å²) in [6, 6.07) is 0.749. The van der Waals surface area contributed by atoms with Crippen LogP contribution in [0.4, 0.5) is 0 Å². The largest absolute Gasteiger partial charge is 0.330 e. The second kappa shape index (κ2) is 8.08. The van der Waals surface area contributed by atoms with Gasteiger partial charge >= 0.3 is 0 Å². The van der Waals surface area contributed by atoms with E-state index in [0.717, 1.165) is 25.6 Å². The third-order valence-electron chi connectivity index (χ3n) is 3.33. The van der Waals surface area contributed by atoms with Crippen LogP contribution in [0.15, 0.2) is 0 Å². The molecule has 0 amide bonds. The number of nitrogens with one attached hydrogen (secondary N) is 1. The molecule has 0 spiro atoms. The minimum atomic E-state index is 0.749. The summed E-state index contributed by atoms with van der Waals surface area (Å²) in [5, 5.41) is 3.66. The first-order valence-corrected chi connectivity index (χ1v) is 6.52. The molecular formula is C12H27N3. The number of hydrogen-bond acceptors (Lipinski definition) is 3. The van der Waals surface area contributed by atoms with E-state index < -0.39 is 0 Å². The number of likely N-dealkylation sites (tertiary alicyclic amines) is 1. The van der Waals surface area contributed by atoms with Gasteiger partial charge in [-0.05, 0) is 64.8 Å². The molecule has 90 valence electrons. The highest BCUT2D eigenvalue weighted by Crippen LogP contribution is 2.10. The van der Waals surface area contributed by atoms with Crippen molar-refractivity contribution in [1.82, 2.24) is 10.2 Å². The van der Waals surface area contributed by atoms with Gasteiger partial charge in [0, 0.05) is 6.04 Å². The van der Waals surface area contributed by atoms with Gasteiger partial charge in [-0.3, -0.25) is 0 Å². The topological polar surface area (TPSA) is 41.3 Å². The highest BCUT2D eigenvalue weighted by atomic mass is 15.1. The summed E-state index contributed by atoms with van der Waals surface area (Å²) in [6.45, 7) is 8.00. The van der Waals surface area contributed by atoms with Crippen LogP contribution in [0.1, 0.15) is 39.0 Å². The van der Waals surface area contributed by atoms with Gasteiger partial charge in [0.15, 0.2) is 0 Å². The molecule has 0 aliphatic carbocycles. The lowest BCUT2D eigenvalue weighted by atomic mass is 10.1. The molecule has 0 saturated carbocycles. The Morgan fingerprint density at radius 2 is 2.13 bits per heavy atom. The van der Waals surface area contributed by atoms with Crippen LogP contribution in [0.3, 0.4) is 0 Å². The minimum absolute atomic E-state index is 0.749. The van der Waals surface area contributed by atoms with Gasteiger partial charge in [0.1, 0.15) is 0 Å². The lowest BCUT2D eigenvalue weighted by molar-refractivity contribution is 0.297. The maximum absolute atomic E-state index is 5.47. The van der Waals surface area contributed by atoms with E-state index in [-0.39, 0.29) is 0 Å². The van der Waals surface area contributed by atoms with E-state index in [4.69, 9.17) is 5.73 Å². The van der Waals surface area contributed by atoms with Crippen molar-refractivity contribution >= 4 is 0 Å². The van der Waals surface area contributed by atoms with Crippen LogP contribution >= 0.6 is 0 Å². The lowest BCUT2D eigenvalue weighted by Crippen LogP contribution is -2.31. The summed E-state index contributed by atoms with van der Waals surface area (Å²) in [5.74, 6) is 0. The number of rotatable bonds is 6. The van der Waals surface area contributed by atoms with E-state index in [2.05, 4.69) is 17.1 Å². The Labute approximate surface area is 94.4 Å². The van der Waals surface area contributed by atoms with E-state index in [0.29, 0.717) is 0 Å². The van der Waals surface area contributed by atoms with Gasteiger partial charge in [0.2, 0.25) is 0 Å². The molecule has 1 aliphatic rings. The Balaban J connectivity index is 2.08. The van der Waals surface area contributed by atoms with Crippen molar-refractivity contribution in [2.24, 2.45) is 5.73 Å². The third kappa shape index (κ3) is 5.50. The highest BCUT2D eigenvalue weighted by Gasteiger charge is 2.14. The zero-order chi connectivity index (χ0) is 10.9. The normalized spacial score (nSPS) is 24.0. The summed E-state index contributed by atoms with van der Waals surface area (Å²) in [7, 11) is 0. The van der Waals surface area contributed by atoms with Crippen LogP contribution in [0, 0.1) is 0 Å². The number of nitrogens with two attached hydrogens (primary N) is 1. The van der Waals surface area contributed by atoms with E-state index in [1.807, 2.05) is 0 Å². The molecule has 1 heterocycles. The van der Waals surface area contributed by atoms with Gasteiger partial charge in [-0.25, -0.2) is 0 Å². The van der Waals surface area contributed by atoms with Crippen LogP contribution in [-0.4, -0.2) is 43.7 Å². The molecule has 1 atom stereocenters. The summed E-state index contributed by atoms with van der Waals surface area (Å²) < 4.78 is 0. The van der Waals surface area contributed by atoms with Crippen LogP contribution in [0.5, 0.6) is 0 Å². The monoisotopic (exact) mass is 213 g/mol. The molecule has 0 bridgehead atoms. The van der Waals surface area contributed by atoms with Crippen LogP contribution in [0.2, 0.25) is 0 Å². The van der Waals surface area contributed by atoms with Crippen molar-refractivity contribution in [3.63, 3.8) is 0 Å². The van der Waals surface area contributed by atoms with E-state index in [9.17, 15) is 0 Å². The Hall–Kier alpha value is -0.120. The SMILES string of the molecule is CCN1CCCC(NCCCCN)CC1. The minimum Gasteiger partial charge on any atom is -0.330 e. The van der Waals surface area contributed by atoms with Crippen molar-refractivity contribution in [3.8, 4) is 0 Å². The van der Waals surface area contributed by atoms with Gasteiger partial charge in [-0.15, -0.1) is 0 Å². The molecule has 1 saturated heterocycles. The molecule has 0 aromatic rings. The maximum Gasteiger partial charge on any atom is 0.00797 e. The first kappa shape index (κ1) is 12.9. The molecule has 0 aromatic carbocycles. The summed E-state index contributed by atoms with van der Waals surface area (Å²) >= 11 is 0. The van der Waals surface area contributed by atoms with Gasteiger partial charge in [0.25, 0.3) is 0 Å².